The fourth-order valence-electron chi connectivity index (χ4n) is 3.71. The molecule has 1 atom stereocenters. The van der Waals surface area contributed by atoms with Crippen LogP contribution in [0.2, 0.25) is 0 Å². The third kappa shape index (κ3) is 3.54. The van der Waals surface area contributed by atoms with Crippen LogP contribution < -0.4 is 21.1 Å². The Balaban J connectivity index is 2.05. The number of aromatic nitrogens is 1. The number of nitrogens with one attached hydrogen (secondary N) is 2. The minimum atomic E-state index is -1.46. The summed E-state index contributed by atoms with van der Waals surface area (Å²) in [6, 6.07) is 0.930. The largest absolute Gasteiger partial charge is 0.477 e. The Morgan fingerprint density at radius 3 is 2.79 bits per heavy atom. The number of rotatable bonds is 7. The predicted octanol–water partition coefficient (Wildman–Crippen LogP) is 1.98. The highest BCUT2D eigenvalue weighted by Gasteiger charge is 2.29. The molecular formula is C19H24F2N4O3. The van der Waals surface area contributed by atoms with Crippen LogP contribution in [0, 0.1) is 17.6 Å². The molecular weight excluding hydrogens is 370 g/mol. The van der Waals surface area contributed by atoms with E-state index in [1.807, 2.05) is 0 Å². The number of hydrogen-bond donors (Lipinski definition) is 3. The van der Waals surface area contributed by atoms with Crippen LogP contribution >= 0.6 is 0 Å². The molecule has 28 heavy (non-hydrogen) atoms. The minimum Gasteiger partial charge on any atom is -0.477 e. The lowest BCUT2D eigenvalue weighted by Crippen LogP contribution is -2.28. The second-order valence-corrected chi connectivity index (χ2v) is 6.99. The van der Waals surface area contributed by atoms with Crippen molar-refractivity contribution in [2.45, 2.75) is 19.8 Å². The summed E-state index contributed by atoms with van der Waals surface area (Å²) in [5, 5.41) is 12.2. The molecule has 0 amide bonds. The molecule has 0 bridgehead atoms. The van der Waals surface area contributed by atoms with Crippen LogP contribution in [0.3, 0.4) is 0 Å². The van der Waals surface area contributed by atoms with E-state index in [4.69, 9.17) is 0 Å². The monoisotopic (exact) mass is 394 g/mol. The highest BCUT2D eigenvalue weighted by molar-refractivity contribution is 5.94. The van der Waals surface area contributed by atoms with Crippen molar-refractivity contribution < 1.29 is 18.7 Å². The van der Waals surface area contributed by atoms with Crippen molar-refractivity contribution in [2.24, 2.45) is 5.92 Å². The second kappa shape index (κ2) is 8.14. The number of aromatic carboxylic acids is 1. The summed E-state index contributed by atoms with van der Waals surface area (Å²) in [7, 11) is 1.46. The Morgan fingerprint density at radius 1 is 1.39 bits per heavy atom. The molecule has 9 heteroatoms. The number of carboxylic acid groups (broad SMARTS) is 1. The van der Waals surface area contributed by atoms with Gasteiger partial charge in [0.05, 0.1) is 5.39 Å². The van der Waals surface area contributed by atoms with Crippen molar-refractivity contribution in [3.63, 3.8) is 0 Å². The van der Waals surface area contributed by atoms with Gasteiger partial charge in [0.1, 0.15) is 22.6 Å². The molecule has 1 aliphatic rings. The Morgan fingerprint density at radius 2 is 2.14 bits per heavy atom. The molecule has 1 aromatic heterocycles. The molecule has 2 aromatic rings. The van der Waals surface area contributed by atoms with Gasteiger partial charge in [-0.1, -0.05) is 6.92 Å². The number of benzene rings is 1. The van der Waals surface area contributed by atoms with Gasteiger partial charge in [0, 0.05) is 26.3 Å². The van der Waals surface area contributed by atoms with Crippen LogP contribution in [0.1, 0.15) is 30.1 Å². The lowest BCUT2D eigenvalue weighted by Gasteiger charge is -2.22. The van der Waals surface area contributed by atoms with Gasteiger partial charge in [0.25, 0.3) is 0 Å². The van der Waals surface area contributed by atoms with Crippen molar-refractivity contribution in [1.82, 2.24) is 9.99 Å². The number of carboxylic acids is 1. The average molecular weight is 394 g/mol. The number of anilines is 1. The molecule has 0 radical (unpaired) electrons. The van der Waals surface area contributed by atoms with Crippen LogP contribution in [-0.4, -0.2) is 49.0 Å². The smallest absolute Gasteiger partial charge is 0.341 e. The maximum Gasteiger partial charge on any atom is 0.341 e. The highest BCUT2D eigenvalue weighted by Crippen LogP contribution is 2.33. The van der Waals surface area contributed by atoms with Gasteiger partial charge in [0.15, 0.2) is 5.82 Å². The molecule has 0 spiro atoms. The lowest BCUT2D eigenvalue weighted by molar-refractivity contribution is 0.0695. The number of hydrogen-bond acceptors (Lipinski definition) is 5. The van der Waals surface area contributed by atoms with Gasteiger partial charge >= 0.3 is 5.97 Å². The van der Waals surface area contributed by atoms with E-state index in [1.54, 1.807) is 4.90 Å². The summed E-state index contributed by atoms with van der Waals surface area (Å²) in [6.45, 7) is 4.77. The number of halogens is 2. The van der Waals surface area contributed by atoms with Crippen molar-refractivity contribution in [3.05, 3.63) is 39.7 Å². The SMILES string of the molecule is CCCNCC1CCN(c2c(F)cc3c(=O)c(C(=O)O)cn(NC)c3c2F)C1. The summed E-state index contributed by atoms with van der Waals surface area (Å²) in [6.07, 6.45) is 2.84. The van der Waals surface area contributed by atoms with Crippen LogP contribution in [0.5, 0.6) is 0 Å². The molecule has 152 valence electrons. The number of carbonyl (C=O) groups is 1. The fraction of sp³-hybridized carbons (Fsp3) is 0.474. The van der Waals surface area contributed by atoms with Gasteiger partial charge < -0.3 is 20.7 Å². The highest BCUT2D eigenvalue weighted by atomic mass is 19.1. The van der Waals surface area contributed by atoms with Gasteiger partial charge in [-0.25, -0.2) is 13.6 Å². The molecule has 0 saturated carbocycles. The zero-order valence-corrected chi connectivity index (χ0v) is 15.9. The summed E-state index contributed by atoms with van der Waals surface area (Å²) in [5.41, 5.74) is 0.814. The second-order valence-electron chi connectivity index (χ2n) is 6.99. The first-order valence-electron chi connectivity index (χ1n) is 9.33. The van der Waals surface area contributed by atoms with E-state index >= 15 is 4.39 Å². The molecule has 1 aromatic carbocycles. The molecule has 0 aliphatic carbocycles. The molecule has 1 fully saturated rings. The predicted molar refractivity (Wildman–Crippen MR) is 104 cm³/mol. The van der Waals surface area contributed by atoms with Gasteiger partial charge in [-0.3, -0.25) is 9.47 Å². The van der Waals surface area contributed by atoms with E-state index in [2.05, 4.69) is 17.7 Å². The fourth-order valence-corrected chi connectivity index (χ4v) is 3.71. The Kier molecular flexibility index (Phi) is 5.83. The summed E-state index contributed by atoms with van der Waals surface area (Å²) < 4.78 is 31.2. The van der Waals surface area contributed by atoms with E-state index in [0.717, 1.165) is 42.9 Å². The number of nitrogens with zero attached hydrogens (tertiary/aromatic N) is 2. The Labute approximate surface area is 160 Å². The summed E-state index contributed by atoms with van der Waals surface area (Å²) in [4.78, 5) is 25.3. The number of fused-ring (bicyclic) bond motifs is 1. The normalized spacial score (nSPS) is 16.7. The van der Waals surface area contributed by atoms with Gasteiger partial charge in [-0.2, -0.15) is 0 Å². The lowest BCUT2D eigenvalue weighted by atomic mass is 10.1. The van der Waals surface area contributed by atoms with Crippen molar-refractivity contribution in [2.75, 3.05) is 43.6 Å². The third-order valence-electron chi connectivity index (χ3n) is 5.09. The van der Waals surface area contributed by atoms with E-state index in [0.29, 0.717) is 13.1 Å². The first-order valence-corrected chi connectivity index (χ1v) is 9.33. The molecule has 7 nitrogen and oxygen atoms in total. The van der Waals surface area contributed by atoms with Crippen LogP contribution in [0.25, 0.3) is 10.9 Å². The van der Waals surface area contributed by atoms with Gasteiger partial charge in [-0.15, -0.1) is 0 Å². The average Bonchev–Trinajstić information content (AvgIpc) is 3.11. The molecule has 1 unspecified atom stereocenters. The first-order chi connectivity index (χ1) is 13.4. The van der Waals surface area contributed by atoms with E-state index in [-0.39, 0.29) is 22.5 Å². The molecule has 3 N–H and O–H groups in total. The van der Waals surface area contributed by atoms with Crippen LogP contribution in [-0.2, 0) is 0 Å². The maximum absolute atomic E-state index is 15.3. The molecule has 1 saturated heterocycles. The van der Waals surface area contributed by atoms with Gasteiger partial charge in [-0.05, 0) is 37.9 Å². The molecule has 3 rings (SSSR count). The quantitative estimate of drug-likeness (QED) is 0.623. The molecule has 2 heterocycles. The van der Waals surface area contributed by atoms with Gasteiger partial charge in [0.2, 0.25) is 5.43 Å². The zero-order valence-electron chi connectivity index (χ0n) is 15.9. The Hall–Kier alpha value is -2.68. The van der Waals surface area contributed by atoms with E-state index in [9.17, 15) is 19.1 Å². The Bertz CT molecular complexity index is 961. The third-order valence-corrected chi connectivity index (χ3v) is 5.09. The topological polar surface area (TPSA) is 86.6 Å². The first kappa shape index (κ1) is 20.1. The van der Waals surface area contributed by atoms with Crippen LogP contribution in [0.4, 0.5) is 14.5 Å². The van der Waals surface area contributed by atoms with Crippen molar-refractivity contribution in [3.8, 4) is 0 Å². The van der Waals surface area contributed by atoms with E-state index < -0.39 is 28.6 Å². The summed E-state index contributed by atoms with van der Waals surface area (Å²) >= 11 is 0. The van der Waals surface area contributed by atoms with Crippen molar-refractivity contribution in [1.29, 1.82) is 0 Å². The molecule has 1 aliphatic heterocycles. The van der Waals surface area contributed by atoms with E-state index in [1.165, 1.54) is 7.05 Å². The standard InChI is InChI=1S/C19H24F2N4O3/c1-3-5-23-8-11-4-6-24(9-11)17-14(20)7-12-16(15(17)21)25(22-2)10-13(18(12)26)19(27)28/h7,10-11,22-23H,3-6,8-9H2,1-2H3,(H,27,28). The number of pyridine rings is 1. The zero-order chi connectivity index (χ0) is 20.4. The van der Waals surface area contributed by atoms with Crippen LogP contribution in [0.15, 0.2) is 17.1 Å². The van der Waals surface area contributed by atoms with Crippen molar-refractivity contribution >= 4 is 22.6 Å². The summed E-state index contributed by atoms with van der Waals surface area (Å²) in [5.74, 6) is -2.92. The minimum absolute atomic E-state index is 0.165. The maximum atomic E-state index is 15.3.